The average Bonchev–Trinajstić information content (AvgIpc) is 2.54. The first-order valence-corrected chi connectivity index (χ1v) is 4.76. The van der Waals surface area contributed by atoms with Crippen molar-refractivity contribution >= 4 is 22.9 Å². The van der Waals surface area contributed by atoms with Crippen LogP contribution in [0.1, 0.15) is 0 Å². The standard InChI is InChI=1S/C9H6ClNS/c10-8-5-9(12-6-8)7-1-3-11-4-2-7/h1-6H. The Morgan fingerprint density at radius 2 is 2.00 bits per heavy atom. The zero-order chi connectivity index (χ0) is 8.39. The fourth-order valence-electron chi connectivity index (χ4n) is 0.981. The van der Waals surface area contributed by atoms with Crippen LogP contribution in [0.4, 0.5) is 0 Å². The molecule has 0 aromatic carbocycles. The minimum Gasteiger partial charge on any atom is -0.265 e. The molecule has 0 spiro atoms. The molecule has 0 aliphatic rings. The van der Waals surface area contributed by atoms with Gasteiger partial charge in [0.2, 0.25) is 0 Å². The molecule has 0 radical (unpaired) electrons. The lowest BCUT2D eigenvalue weighted by atomic mass is 10.2. The van der Waals surface area contributed by atoms with E-state index in [1.54, 1.807) is 23.7 Å². The van der Waals surface area contributed by atoms with Crippen molar-refractivity contribution in [1.29, 1.82) is 0 Å². The van der Waals surface area contributed by atoms with Crippen LogP contribution in [0, 0.1) is 0 Å². The smallest absolute Gasteiger partial charge is 0.0519 e. The van der Waals surface area contributed by atoms with Gasteiger partial charge in [-0.25, -0.2) is 0 Å². The van der Waals surface area contributed by atoms with E-state index in [0.29, 0.717) is 0 Å². The van der Waals surface area contributed by atoms with E-state index in [9.17, 15) is 0 Å². The molecule has 0 unspecified atom stereocenters. The third-order valence-electron chi connectivity index (χ3n) is 1.53. The third kappa shape index (κ3) is 1.49. The molecular weight excluding hydrogens is 190 g/mol. The van der Waals surface area contributed by atoms with E-state index in [0.717, 1.165) is 5.02 Å². The van der Waals surface area contributed by atoms with Gasteiger partial charge in [0.25, 0.3) is 0 Å². The Kier molecular flexibility index (Phi) is 2.11. The second kappa shape index (κ2) is 3.25. The van der Waals surface area contributed by atoms with Crippen LogP contribution in [-0.2, 0) is 0 Å². The summed E-state index contributed by atoms with van der Waals surface area (Å²) in [7, 11) is 0. The summed E-state index contributed by atoms with van der Waals surface area (Å²) in [6.45, 7) is 0. The summed E-state index contributed by atoms with van der Waals surface area (Å²) < 4.78 is 0. The van der Waals surface area contributed by atoms with Gasteiger partial charge in [-0.2, -0.15) is 0 Å². The summed E-state index contributed by atoms with van der Waals surface area (Å²) in [5.41, 5.74) is 1.17. The van der Waals surface area contributed by atoms with Crippen LogP contribution < -0.4 is 0 Å². The summed E-state index contributed by atoms with van der Waals surface area (Å²) in [6.07, 6.45) is 3.56. The van der Waals surface area contributed by atoms with Gasteiger partial charge in [0, 0.05) is 22.7 Å². The Balaban J connectivity index is 2.45. The van der Waals surface area contributed by atoms with E-state index in [2.05, 4.69) is 4.98 Å². The largest absolute Gasteiger partial charge is 0.265 e. The lowest BCUT2D eigenvalue weighted by Crippen LogP contribution is -1.71. The Morgan fingerprint density at radius 1 is 1.25 bits per heavy atom. The van der Waals surface area contributed by atoms with Gasteiger partial charge >= 0.3 is 0 Å². The molecule has 0 aliphatic carbocycles. The van der Waals surface area contributed by atoms with E-state index in [4.69, 9.17) is 11.6 Å². The maximum atomic E-state index is 5.81. The van der Waals surface area contributed by atoms with Crippen LogP contribution in [0.5, 0.6) is 0 Å². The molecule has 0 bridgehead atoms. The zero-order valence-electron chi connectivity index (χ0n) is 6.20. The molecule has 3 heteroatoms. The number of aromatic nitrogens is 1. The Bertz CT molecular complexity index is 369. The Labute approximate surface area is 79.7 Å². The highest BCUT2D eigenvalue weighted by atomic mass is 35.5. The van der Waals surface area contributed by atoms with Crippen LogP contribution in [0.2, 0.25) is 5.02 Å². The number of hydrogen-bond acceptors (Lipinski definition) is 2. The van der Waals surface area contributed by atoms with Gasteiger partial charge in [0.15, 0.2) is 0 Å². The second-order valence-corrected chi connectivity index (χ2v) is 3.71. The number of hydrogen-bond donors (Lipinski definition) is 0. The fourth-order valence-corrected chi connectivity index (χ4v) is 2.06. The highest BCUT2D eigenvalue weighted by Gasteiger charge is 1.99. The minimum absolute atomic E-state index is 0.798. The van der Waals surface area contributed by atoms with E-state index >= 15 is 0 Å². The maximum absolute atomic E-state index is 5.81. The molecule has 0 atom stereocenters. The Hall–Kier alpha value is -0.860. The third-order valence-corrected chi connectivity index (χ3v) is 2.86. The SMILES string of the molecule is Clc1csc(-c2ccncc2)c1. The van der Waals surface area contributed by atoms with Crippen LogP contribution in [0.25, 0.3) is 10.4 Å². The molecule has 12 heavy (non-hydrogen) atoms. The summed E-state index contributed by atoms with van der Waals surface area (Å²) in [4.78, 5) is 5.13. The molecule has 2 heterocycles. The molecular formula is C9H6ClNS. The van der Waals surface area contributed by atoms with Gasteiger partial charge in [-0.05, 0) is 23.8 Å². The van der Waals surface area contributed by atoms with E-state index in [-0.39, 0.29) is 0 Å². The molecule has 0 saturated heterocycles. The number of pyridine rings is 1. The summed E-state index contributed by atoms with van der Waals surface area (Å²) >= 11 is 7.45. The fraction of sp³-hybridized carbons (Fsp3) is 0. The second-order valence-electron chi connectivity index (χ2n) is 2.37. The minimum atomic E-state index is 0.798. The zero-order valence-corrected chi connectivity index (χ0v) is 7.77. The predicted octanol–water partition coefficient (Wildman–Crippen LogP) is 3.46. The van der Waals surface area contributed by atoms with E-state index < -0.39 is 0 Å². The van der Waals surface area contributed by atoms with Crippen molar-refractivity contribution in [2.24, 2.45) is 0 Å². The summed E-state index contributed by atoms with van der Waals surface area (Å²) in [5, 5.41) is 2.73. The first kappa shape index (κ1) is 7.77. The van der Waals surface area contributed by atoms with Crippen LogP contribution >= 0.6 is 22.9 Å². The lowest BCUT2D eigenvalue weighted by Gasteiger charge is -1.92. The highest BCUT2D eigenvalue weighted by molar-refractivity contribution is 7.14. The van der Waals surface area contributed by atoms with Crippen molar-refractivity contribution in [1.82, 2.24) is 4.98 Å². The van der Waals surface area contributed by atoms with Crippen molar-refractivity contribution in [2.75, 3.05) is 0 Å². The number of halogens is 1. The van der Waals surface area contributed by atoms with Gasteiger partial charge in [0.05, 0.1) is 5.02 Å². The van der Waals surface area contributed by atoms with Crippen LogP contribution in [-0.4, -0.2) is 4.98 Å². The van der Waals surface area contributed by atoms with Gasteiger partial charge in [-0.15, -0.1) is 11.3 Å². The predicted molar refractivity (Wildman–Crippen MR) is 52.6 cm³/mol. The van der Waals surface area contributed by atoms with E-state index in [1.165, 1.54) is 10.4 Å². The molecule has 0 saturated carbocycles. The molecule has 1 nitrogen and oxygen atoms in total. The first-order chi connectivity index (χ1) is 5.86. The summed E-state index contributed by atoms with van der Waals surface area (Å²) in [6, 6.07) is 5.91. The van der Waals surface area contributed by atoms with Gasteiger partial charge < -0.3 is 0 Å². The van der Waals surface area contributed by atoms with Crippen molar-refractivity contribution in [2.45, 2.75) is 0 Å². The number of thiophene rings is 1. The normalized spacial score (nSPS) is 10.1. The molecule has 0 N–H and O–H groups in total. The van der Waals surface area contributed by atoms with Crippen molar-refractivity contribution in [3.8, 4) is 10.4 Å². The number of rotatable bonds is 1. The van der Waals surface area contributed by atoms with Gasteiger partial charge in [-0.3, -0.25) is 4.98 Å². The lowest BCUT2D eigenvalue weighted by molar-refractivity contribution is 1.33. The molecule has 0 fully saturated rings. The molecule has 2 rings (SSSR count). The number of nitrogens with zero attached hydrogens (tertiary/aromatic N) is 1. The maximum Gasteiger partial charge on any atom is 0.0519 e. The Morgan fingerprint density at radius 3 is 2.58 bits per heavy atom. The first-order valence-electron chi connectivity index (χ1n) is 3.51. The van der Waals surface area contributed by atoms with Crippen LogP contribution in [0.3, 0.4) is 0 Å². The average molecular weight is 196 g/mol. The monoisotopic (exact) mass is 195 g/mol. The molecule has 0 amide bonds. The topological polar surface area (TPSA) is 12.9 Å². The quantitative estimate of drug-likeness (QED) is 0.679. The molecule has 2 aromatic heterocycles. The van der Waals surface area contributed by atoms with Crippen molar-refractivity contribution in [3.63, 3.8) is 0 Å². The molecule has 60 valence electrons. The van der Waals surface area contributed by atoms with E-state index in [1.807, 2.05) is 23.6 Å². The van der Waals surface area contributed by atoms with Crippen molar-refractivity contribution in [3.05, 3.63) is 41.0 Å². The van der Waals surface area contributed by atoms with Gasteiger partial charge in [-0.1, -0.05) is 11.6 Å². The molecule has 0 aliphatic heterocycles. The van der Waals surface area contributed by atoms with Crippen LogP contribution in [0.15, 0.2) is 36.0 Å². The molecule has 2 aromatic rings. The van der Waals surface area contributed by atoms with Crippen molar-refractivity contribution < 1.29 is 0 Å². The summed E-state index contributed by atoms with van der Waals surface area (Å²) in [5.74, 6) is 0. The van der Waals surface area contributed by atoms with Gasteiger partial charge in [0.1, 0.15) is 0 Å². The highest BCUT2D eigenvalue weighted by Crippen LogP contribution is 2.28.